The average molecular weight is 193 g/mol. The molecule has 0 aliphatic carbocycles. The molecule has 2 rings (SSSR count). The van der Waals surface area contributed by atoms with Crippen molar-refractivity contribution in [1.82, 2.24) is 4.98 Å². The first-order valence-electron chi connectivity index (χ1n) is 4.85. The Morgan fingerprint density at radius 1 is 0.933 bits per heavy atom. The first-order valence-corrected chi connectivity index (χ1v) is 4.85. The molecule has 0 bridgehead atoms. The Labute approximate surface area is 89.8 Å². The molecule has 2 aromatic rings. The maximum atomic E-state index is 4.19. The quantitative estimate of drug-likeness (QED) is 0.586. The maximum Gasteiger partial charge on any atom is 0.0529 e. The van der Waals surface area contributed by atoms with Gasteiger partial charge in [0.2, 0.25) is 0 Å². The van der Waals surface area contributed by atoms with Gasteiger partial charge in [0.25, 0.3) is 0 Å². The normalized spacial score (nSPS) is 9.13. The Morgan fingerprint density at radius 2 is 1.73 bits per heavy atom. The molecule has 0 aliphatic rings. The average Bonchev–Trinajstić information content (AvgIpc) is 2.29. The number of aromatic nitrogens is 1. The number of aryl methyl sites for hydroxylation is 1. The van der Waals surface area contributed by atoms with E-state index >= 15 is 0 Å². The van der Waals surface area contributed by atoms with Crippen LogP contribution in [0, 0.1) is 18.8 Å². The molecule has 1 nitrogen and oxygen atoms in total. The summed E-state index contributed by atoms with van der Waals surface area (Å²) in [6, 6.07) is 13.8. The second kappa shape index (κ2) is 4.43. The van der Waals surface area contributed by atoms with Gasteiger partial charge in [0, 0.05) is 17.3 Å². The summed E-state index contributed by atoms with van der Waals surface area (Å²) in [6.45, 7) is 1.97. The van der Waals surface area contributed by atoms with Crippen LogP contribution in [0.3, 0.4) is 0 Å². The standard InChI is InChI=1S/C14H11N/c1-12-14(8-5-11-15-12)10-9-13-6-3-2-4-7-13/h2-8,11H,1H3. The van der Waals surface area contributed by atoms with E-state index in [2.05, 4.69) is 16.8 Å². The second-order valence-corrected chi connectivity index (χ2v) is 3.25. The van der Waals surface area contributed by atoms with E-state index in [0.717, 1.165) is 16.8 Å². The minimum absolute atomic E-state index is 0.973. The first kappa shape index (κ1) is 9.48. The van der Waals surface area contributed by atoms with Gasteiger partial charge >= 0.3 is 0 Å². The summed E-state index contributed by atoms with van der Waals surface area (Å²) in [5, 5.41) is 0. The summed E-state index contributed by atoms with van der Waals surface area (Å²) in [5.74, 6) is 6.23. The van der Waals surface area contributed by atoms with E-state index < -0.39 is 0 Å². The largest absolute Gasteiger partial charge is 0.260 e. The monoisotopic (exact) mass is 193 g/mol. The molecular weight excluding hydrogens is 182 g/mol. The minimum atomic E-state index is 0.973. The number of rotatable bonds is 0. The molecule has 0 fully saturated rings. The third kappa shape index (κ3) is 2.45. The molecule has 1 heterocycles. The van der Waals surface area contributed by atoms with E-state index in [1.807, 2.05) is 49.4 Å². The van der Waals surface area contributed by atoms with Crippen molar-refractivity contribution < 1.29 is 0 Å². The van der Waals surface area contributed by atoms with Crippen LogP contribution in [0.4, 0.5) is 0 Å². The smallest absolute Gasteiger partial charge is 0.0529 e. The predicted molar refractivity (Wildman–Crippen MR) is 61.4 cm³/mol. The molecule has 0 spiro atoms. The Kier molecular flexibility index (Phi) is 2.80. The van der Waals surface area contributed by atoms with Crippen LogP contribution < -0.4 is 0 Å². The van der Waals surface area contributed by atoms with Crippen LogP contribution in [0.15, 0.2) is 48.7 Å². The van der Waals surface area contributed by atoms with Gasteiger partial charge in [0.05, 0.1) is 5.69 Å². The van der Waals surface area contributed by atoms with Crippen molar-refractivity contribution >= 4 is 0 Å². The van der Waals surface area contributed by atoms with Gasteiger partial charge in [-0.3, -0.25) is 4.98 Å². The second-order valence-electron chi connectivity index (χ2n) is 3.25. The van der Waals surface area contributed by atoms with E-state index in [0.29, 0.717) is 0 Å². The van der Waals surface area contributed by atoms with E-state index in [-0.39, 0.29) is 0 Å². The number of benzene rings is 1. The van der Waals surface area contributed by atoms with Gasteiger partial charge in [-0.05, 0) is 31.2 Å². The predicted octanol–water partition coefficient (Wildman–Crippen LogP) is 2.79. The SMILES string of the molecule is Cc1ncccc1C#Cc1ccccc1. The summed E-state index contributed by atoms with van der Waals surface area (Å²) in [5.41, 5.74) is 2.99. The fourth-order valence-corrected chi connectivity index (χ4v) is 1.28. The molecule has 0 saturated carbocycles. The van der Waals surface area contributed by atoms with E-state index in [4.69, 9.17) is 0 Å². The number of pyridine rings is 1. The van der Waals surface area contributed by atoms with Crippen molar-refractivity contribution in [3.05, 3.63) is 65.5 Å². The summed E-state index contributed by atoms with van der Waals surface area (Å²) in [6.07, 6.45) is 1.78. The molecule has 72 valence electrons. The number of hydrogen-bond donors (Lipinski definition) is 0. The fraction of sp³-hybridized carbons (Fsp3) is 0.0714. The van der Waals surface area contributed by atoms with Crippen LogP contribution in [0.5, 0.6) is 0 Å². The van der Waals surface area contributed by atoms with Crippen molar-refractivity contribution in [3.63, 3.8) is 0 Å². The highest BCUT2D eigenvalue weighted by Crippen LogP contribution is 2.02. The fourth-order valence-electron chi connectivity index (χ4n) is 1.28. The summed E-state index contributed by atoms with van der Waals surface area (Å²) in [4.78, 5) is 4.19. The lowest BCUT2D eigenvalue weighted by Crippen LogP contribution is -1.85. The van der Waals surface area contributed by atoms with Crippen molar-refractivity contribution in [2.24, 2.45) is 0 Å². The highest BCUT2D eigenvalue weighted by Gasteiger charge is 1.91. The Balaban J connectivity index is 2.31. The summed E-state index contributed by atoms with van der Waals surface area (Å²) >= 11 is 0. The van der Waals surface area contributed by atoms with E-state index in [1.165, 1.54) is 0 Å². The molecule has 15 heavy (non-hydrogen) atoms. The van der Waals surface area contributed by atoms with Crippen molar-refractivity contribution in [3.8, 4) is 11.8 Å². The summed E-state index contributed by atoms with van der Waals surface area (Å²) < 4.78 is 0. The van der Waals surface area contributed by atoms with Gasteiger partial charge in [0.15, 0.2) is 0 Å². The van der Waals surface area contributed by atoms with E-state index in [9.17, 15) is 0 Å². The van der Waals surface area contributed by atoms with Crippen LogP contribution in [-0.2, 0) is 0 Å². The molecule has 0 aliphatic heterocycles. The van der Waals surface area contributed by atoms with Crippen molar-refractivity contribution in [2.75, 3.05) is 0 Å². The molecule has 1 aromatic carbocycles. The highest BCUT2D eigenvalue weighted by atomic mass is 14.7. The van der Waals surface area contributed by atoms with Gasteiger partial charge < -0.3 is 0 Å². The Bertz CT molecular complexity index is 504. The molecule has 1 aromatic heterocycles. The molecule has 0 unspecified atom stereocenters. The molecule has 0 amide bonds. The number of nitrogens with zero attached hydrogens (tertiary/aromatic N) is 1. The zero-order valence-electron chi connectivity index (χ0n) is 8.57. The lowest BCUT2D eigenvalue weighted by Gasteiger charge is -1.93. The number of hydrogen-bond acceptors (Lipinski definition) is 1. The maximum absolute atomic E-state index is 4.19. The van der Waals surface area contributed by atoms with E-state index in [1.54, 1.807) is 6.20 Å². The lowest BCUT2D eigenvalue weighted by molar-refractivity contribution is 1.19. The minimum Gasteiger partial charge on any atom is -0.260 e. The lowest BCUT2D eigenvalue weighted by atomic mass is 10.2. The van der Waals surface area contributed by atoms with Crippen molar-refractivity contribution in [1.29, 1.82) is 0 Å². The molecule has 0 radical (unpaired) electrons. The third-order valence-corrected chi connectivity index (χ3v) is 2.12. The molecule has 1 heteroatoms. The van der Waals surface area contributed by atoms with Gasteiger partial charge in [-0.15, -0.1) is 0 Å². The van der Waals surface area contributed by atoms with Crippen LogP contribution >= 0.6 is 0 Å². The molecule has 0 saturated heterocycles. The van der Waals surface area contributed by atoms with Crippen LogP contribution in [-0.4, -0.2) is 4.98 Å². The van der Waals surface area contributed by atoms with Crippen LogP contribution in [0.25, 0.3) is 0 Å². The highest BCUT2D eigenvalue weighted by molar-refractivity contribution is 5.43. The Hall–Kier alpha value is -2.07. The van der Waals surface area contributed by atoms with Crippen molar-refractivity contribution in [2.45, 2.75) is 6.92 Å². The van der Waals surface area contributed by atoms with Crippen LogP contribution in [0.2, 0.25) is 0 Å². The zero-order chi connectivity index (χ0) is 10.5. The molecular formula is C14H11N. The van der Waals surface area contributed by atoms with Crippen LogP contribution in [0.1, 0.15) is 16.8 Å². The Morgan fingerprint density at radius 3 is 2.47 bits per heavy atom. The third-order valence-electron chi connectivity index (χ3n) is 2.12. The van der Waals surface area contributed by atoms with Gasteiger partial charge in [-0.25, -0.2) is 0 Å². The molecule has 0 N–H and O–H groups in total. The molecule has 0 atom stereocenters. The topological polar surface area (TPSA) is 12.9 Å². The van der Waals surface area contributed by atoms with Gasteiger partial charge in [-0.1, -0.05) is 30.0 Å². The first-order chi connectivity index (χ1) is 7.36. The van der Waals surface area contributed by atoms with Gasteiger partial charge in [0.1, 0.15) is 0 Å². The van der Waals surface area contributed by atoms with Gasteiger partial charge in [-0.2, -0.15) is 0 Å². The zero-order valence-corrected chi connectivity index (χ0v) is 8.57. The summed E-state index contributed by atoms with van der Waals surface area (Å²) in [7, 11) is 0.